The molecule has 0 saturated carbocycles. The van der Waals surface area contributed by atoms with E-state index in [-0.39, 0.29) is 23.2 Å². The summed E-state index contributed by atoms with van der Waals surface area (Å²) in [7, 11) is -2.77. The maximum absolute atomic E-state index is 6.17. The van der Waals surface area contributed by atoms with Gasteiger partial charge in [0.15, 0.2) is 0 Å². The van der Waals surface area contributed by atoms with Crippen LogP contribution in [-0.2, 0) is 13.3 Å². The van der Waals surface area contributed by atoms with E-state index in [1.165, 1.54) is 12.8 Å². The molecule has 0 aromatic heterocycles. The molecule has 0 aromatic rings. The van der Waals surface area contributed by atoms with Crippen molar-refractivity contribution in [2.75, 3.05) is 0 Å². The average molecular weight is 323 g/mol. The number of hydrogen-bond donors (Lipinski definition) is 1. The molecule has 0 rings (SSSR count). The van der Waals surface area contributed by atoms with Gasteiger partial charge in [-0.1, -0.05) is 26.2 Å². The van der Waals surface area contributed by atoms with Crippen molar-refractivity contribution >= 4 is 21.4 Å². The zero-order valence-electron chi connectivity index (χ0n) is 14.3. The van der Waals surface area contributed by atoms with Gasteiger partial charge in [-0.25, -0.2) is 0 Å². The fourth-order valence-corrected chi connectivity index (χ4v) is 5.97. The third-order valence-electron chi connectivity index (χ3n) is 2.69. The topological polar surface area (TPSA) is 27.7 Å². The average Bonchev–Trinajstić information content (AvgIpc) is 2.25. The van der Waals surface area contributed by atoms with Crippen LogP contribution in [0.3, 0.4) is 0 Å². The summed E-state index contributed by atoms with van der Waals surface area (Å²) in [4.78, 5) is 0.0428. The Labute approximate surface area is 132 Å². The van der Waals surface area contributed by atoms with E-state index in [1.54, 1.807) is 0 Å². The highest BCUT2D eigenvalue weighted by Gasteiger charge is 2.50. The molecule has 0 fully saturated rings. The standard InChI is InChI=1S/C15H34O3SSi/c1-8-9-10-11-15(19)20(16-12(2)3,17-13(4)5)18-14(6)7/h12-15,19H,8-11H2,1-7H3. The molecular formula is C15H34O3SSi. The summed E-state index contributed by atoms with van der Waals surface area (Å²) in [5.74, 6) is 0. The van der Waals surface area contributed by atoms with Crippen molar-refractivity contribution in [1.82, 2.24) is 0 Å². The minimum atomic E-state index is -2.77. The maximum Gasteiger partial charge on any atom is 0.515 e. The van der Waals surface area contributed by atoms with Gasteiger partial charge in [0.2, 0.25) is 0 Å². The van der Waals surface area contributed by atoms with Gasteiger partial charge >= 0.3 is 8.80 Å². The molecule has 0 bridgehead atoms. The van der Waals surface area contributed by atoms with E-state index in [0.29, 0.717) is 0 Å². The normalized spacial score (nSPS) is 14.6. The Morgan fingerprint density at radius 3 is 1.50 bits per heavy atom. The van der Waals surface area contributed by atoms with Gasteiger partial charge in [-0.3, -0.25) is 0 Å². The Morgan fingerprint density at radius 1 is 0.800 bits per heavy atom. The zero-order valence-corrected chi connectivity index (χ0v) is 16.2. The van der Waals surface area contributed by atoms with Crippen molar-refractivity contribution < 1.29 is 13.3 Å². The Bertz CT molecular complexity index is 221. The lowest BCUT2D eigenvalue weighted by Gasteiger charge is -2.38. The van der Waals surface area contributed by atoms with Crippen LogP contribution >= 0.6 is 12.6 Å². The summed E-state index contributed by atoms with van der Waals surface area (Å²) in [6, 6.07) is 0. The molecule has 3 nitrogen and oxygen atoms in total. The Hall–Kier alpha value is 0.447. The second-order valence-corrected chi connectivity index (χ2v) is 9.84. The van der Waals surface area contributed by atoms with Gasteiger partial charge in [0, 0.05) is 18.3 Å². The van der Waals surface area contributed by atoms with Crippen LogP contribution in [0, 0.1) is 0 Å². The number of rotatable bonds is 11. The molecule has 0 spiro atoms. The molecule has 0 saturated heterocycles. The molecule has 20 heavy (non-hydrogen) atoms. The lowest BCUT2D eigenvalue weighted by molar-refractivity contribution is 0.00130. The van der Waals surface area contributed by atoms with E-state index in [2.05, 4.69) is 6.92 Å². The van der Waals surface area contributed by atoms with Gasteiger partial charge in [-0.15, -0.1) is 0 Å². The first-order valence-electron chi connectivity index (χ1n) is 7.95. The van der Waals surface area contributed by atoms with Crippen LogP contribution in [0.2, 0.25) is 0 Å². The molecule has 1 atom stereocenters. The van der Waals surface area contributed by atoms with E-state index in [0.717, 1.165) is 12.8 Å². The largest absolute Gasteiger partial charge is 0.515 e. The highest BCUT2D eigenvalue weighted by molar-refractivity contribution is 7.83. The third-order valence-corrected chi connectivity index (χ3v) is 7.40. The van der Waals surface area contributed by atoms with Gasteiger partial charge in [0.1, 0.15) is 0 Å². The van der Waals surface area contributed by atoms with Crippen molar-refractivity contribution in [3.8, 4) is 0 Å². The Morgan fingerprint density at radius 2 is 1.20 bits per heavy atom. The van der Waals surface area contributed by atoms with Crippen LogP contribution in [0.4, 0.5) is 0 Å². The fourth-order valence-electron chi connectivity index (χ4n) is 2.07. The van der Waals surface area contributed by atoms with Crippen LogP contribution in [0.1, 0.15) is 74.1 Å². The smallest absolute Gasteiger partial charge is 0.370 e. The summed E-state index contributed by atoms with van der Waals surface area (Å²) in [5.41, 5.74) is 0. The molecule has 1 unspecified atom stereocenters. The second kappa shape index (κ2) is 10.2. The maximum atomic E-state index is 6.17. The Kier molecular flexibility index (Phi) is 10.4. The van der Waals surface area contributed by atoms with Crippen LogP contribution in [-0.4, -0.2) is 32.0 Å². The minimum absolute atomic E-state index is 0.0428. The molecule has 122 valence electrons. The highest BCUT2D eigenvalue weighted by atomic mass is 32.1. The molecule has 0 aliphatic heterocycles. The molecule has 0 amide bonds. The molecule has 0 heterocycles. The van der Waals surface area contributed by atoms with Gasteiger partial charge < -0.3 is 13.3 Å². The first-order valence-corrected chi connectivity index (χ1v) is 10.3. The van der Waals surface area contributed by atoms with Crippen molar-refractivity contribution in [3.63, 3.8) is 0 Å². The molecule has 0 aromatic carbocycles. The number of unbranched alkanes of at least 4 members (excludes halogenated alkanes) is 2. The van der Waals surface area contributed by atoms with E-state index < -0.39 is 8.80 Å². The molecule has 0 aliphatic rings. The molecule has 0 aliphatic carbocycles. The number of hydrogen-bond acceptors (Lipinski definition) is 4. The lowest BCUT2D eigenvalue weighted by atomic mass is 10.2. The summed E-state index contributed by atoms with van der Waals surface area (Å²) in [6.45, 7) is 14.4. The summed E-state index contributed by atoms with van der Waals surface area (Å²) < 4.78 is 18.5. The minimum Gasteiger partial charge on any atom is -0.370 e. The van der Waals surface area contributed by atoms with Gasteiger partial charge in [0.25, 0.3) is 0 Å². The Balaban J connectivity index is 5.01. The van der Waals surface area contributed by atoms with Gasteiger partial charge in [-0.05, 0) is 48.0 Å². The van der Waals surface area contributed by atoms with E-state index in [4.69, 9.17) is 25.9 Å². The molecular weight excluding hydrogens is 288 g/mol. The van der Waals surface area contributed by atoms with Crippen LogP contribution in [0.15, 0.2) is 0 Å². The quantitative estimate of drug-likeness (QED) is 0.342. The van der Waals surface area contributed by atoms with Crippen molar-refractivity contribution in [1.29, 1.82) is 0 Å². The van der Waals surface area contributed by atoms with E-state index in [9.17, 15) is 0 Å². The van der Waals surface area contributed by atoms with Crippen molar-refractivity contribution in [2.24, 2.45) is 0 Å². The van der Waals surface area contributed by atoms with Crippen molar-refractivity contribution in [2.45, 2.75) is 97.3 Å². The molecule has 5 heteroatoms. The second-order valence-electron chi connectivity index (χ2n) is 6.11. The van der Waals surface area contributed by atoms with Crippen LogP contribution in [0.25, 0.3) is 0 Å². The predicted molar refractivity (Wildman–Crippen MR) is 91.3 cm³/mol. The van der Waals surface area contributed by atoms with Gasteiger partial charge in [-0.2, -0.15) is 12.6 Å². The first kappa shape index (κ1) is 20.4. The van der Waals surface area contributed by atoms with Crippen LogP contribution < -0.4 is 0 Å². The number of thiol groups is 1. The monoisotopic (exact) mass is 322 g/mol. The summed E-state index contributed by atoms with van der Waals surface area (Å²) in [5, 5.41) is 0. The van der Waals surface area contributed by atoms with E-state index >= 15 is 0 Å². The summed E-state index contributed by atoms with van der Waals surface area (Å²) >= 11 is 4.79. The van der Waals surface area contributed by atoms with Crippen molar-refractivity contribution in [3.05, 3.63) is 0 Å². The zero-order chi connectivity index (χ0) is 15.8. The van der Waals surface area contributed by atoms with Gasteiger partial charge in [0.05, 0.1) is 4.87 Å². The third kappa shape index (κ3) is 8.03. The highest BCUT2D eigenvalue weighted by Crippen LogP contribution is 2.28. The summed E-state index contributed by atoms with van der Waals surface area (Å²) in [6.07, 6.45) is 4.79. The predicted octanol–water partition coefficient (Wildman–Crippen LogP) is 4.62. The SMILES string of the molecule is CCCCCC(S)[Si](OC(C)C)(OC(C)C)OC(C)C. The first-order chi connectivity index (χ1) is 9.23. The lowest BCUT2D eigenvalue weighted by Crippen LogP contribution is -2.58. The molecule has 0 radical (unpaired) electrons. The van der Waals surface area contributed by atoms with E-state index in [1.807, 2.05) is 41.5 Å². The molecule has 0 N–H and O–H groups in total. The fraction of sp³-hybridized carbons (Fsp3) is 1.00. The van der Waals surface area contributed by atoms with Crippen LogP contribution in [0.5, 0.6) is 0 Å².